The van der Waals surface area contributed by atoms with E-state index in [4.69, 9.17) is 0 Å². The Balaban J connectivity index is 1.94. The summed E-state index contributed by atoms with van der Waals surface area (Å²) in [5.74, 6) is -0.0700. The highest BCUT2D eigenvalue weighted by Gasteiger charge is 2.22. The van der Waals surface area contributed by atoms with Crippen molar-refractivity contribution in [2.45, 2.75) is 25.8 Å². The fourth-order valence-corrected chi connectivity index (χ4v) is 4.80. The van der Waals surface area contributed by atoms with Crippen LogP contribution in [0.15, 0.2) is 24.3 Å². The molecule has 0 spiro atoms. The van der Waals surface area contributed by atoms with E-state index in [9.17, 15) is 10.2 Å². The molecule has 3 rings (SSSR count). The van der Waals surface area contributed by atoms with Gasteiger partial charge in [0.15, 0.2) is 11.5 Å². The van der Waals surface area contributed by atoms with E-state index in [1.807, 2.05) is 0 Å². The summed E-state index contributed by atoms with van der Waals surface area (Å²) in [7, 11) is 0. The Morgan fingerprint density at radius 3 is 2.41 bits per heavy atom. The molecule has 1 aliphatic heterocycles. The second-order valence-electron chi connectivity index (χ2n) is 5.69. The standard InChI is InChI=1S/C17H17I2NO2/c1-9-13(18)4-10(5-14(9)19)6-15-12-8-17(22)16(21)7-11(12)2-3-20-15/h4-5,7-8,15,20-22H,2-3,6H2,1H3. The maximum atomic E-state index is 9.80. The normalized spacial score (nSPS) is 17.3. The fourth-order valence-electron chi connectivity index (χ4n) is 2.90. The summed E-state index contributed by atoms with van der Waals surface area (Å²) < 4.78 is 2.56. The van der Waals surface area contributed by atoms with Crippen LogP contribution in [0.2, 0.25) is 0 Å². The molecule has 0 saturated heterocycles. The van der Waals surface area contributed by atoms with Gasteiger partial charge in [0.1, 0.15) is 0 Å². The molecule has 1 heterocycles. The van der Waals surface area contributed by atoms with Crippen LogP contribution in [0, 0.1) is 14.1 Å². The molecule has 0 saturated carbocycles. The first-order valence-electron chi connectivity index (χ1n) is 7.18. The first-order valence-corrected chi connectivity index (χ1v) is 9.34. The van der Waals surface area contributed by atoms with Crippen molar-refractivity contribution in [3.8, 4) is 11.5 Å². The summed E-state index contributed by atoms with van der Waals surface area (Å²) in [5.41, 5.74) is 4.82. The molecule has 0 aromatic heterocycles. The zero-order valence-electron chi connectivity index (χ0n) is 12.2. The van der Waals surface area contributed by atoms with E-state index in [0.717, 1.165) is 30.5 Å². The lowest BCUT2D eigenvalue weighted by molar-refractivity contribution is 0.398. The highest BCUT2D eigenvalue weighted by atomic mass is 127. The third-order valence-corrected chi connectivity index (χ3v) is 6.42. The summed E-state index contributed by atoms with van der Waals surface area (Å²) in [5, 5.41) is 23.0. The molecular weight excluding hydrogens is 504 g/mol. The lowest BCUT2D eigenvalue weighted by Gasteiger charge is -2.27. The highest BCUT2D eigenvalue weighted by molar-refractivity contribution is 14.1. The van der Waals surface area contributed by atoms with E-state index in [2.05, 4.69) is 69.6 Å². The number of halogens is 2. The smallest absolute Gasteiger partial charge is 0.157 e. The van der Waals surface area contributed by atoms with Gasteiger partial charge in [-0.1, -0.05) is 0 Å². The van der Waals surface area contributed by atoms with Crippen LogP contribution in [0.1, 0.15) is 28.3 Å². The Hall–Kier alpha value is -0.540. The Bertz CT molecular complexity index is 708. The number of aromatic hydroxyl groups is 2. The maximum Gasteiger partial charge on any atom is 0.157 e. The number of hydrogen-bond donors (Lipinski definition) is 3. The van der Waals surface area contributed by atoms with Gasteiger partial charge < -0.3 is 15.5 Å². The van der Waals surface area contributed by atoms with Gasteiger partial charge in [-0.05, 0) is 118 Å². The molecule has 1 aliphatic rings. The van der Waals surface area contributed by atoms with Gasteiger partial charge >= 0.3 is 0 Å². The quantitative estimate of drug-likeness (QED) is 0.414. The fraction of sp³-hybridized carbons (Fsp3) is 0.294. The highest BCUT2D eigenvalue weighted by Crippen LogP contribution is 2.35. The molecule has 0 amide bonds. The number of benzene rings is 2. The van der Waals surface area contributed by atoms with Crippen molar-refractivity contribution >= 4 is 45.2 Å². The minimum absolute atomic E-state index is 0.0289. The maximum absolute atomic E-state index is 9.80. The molecule has 1 unspecified atom stereocenters. The molecular formula is C17H17I2NO2. The van der Waals surface area contributed by atoms with Gasteiger partial charge in [-0.25, -0.2) is 0 Å². The van der Waals surface area contributed by atoms with E-state index in [1.54, 1.807) is 12.1 Å². The lowest BCUT2D eigenvalue weighted by atomic mass is 9.89. The molecule has 2 aromatic rings. The second kappa shape index (κ2) is 6.52. The van der Waals surface area contributed by atoms with E-state index in [-0.39, 0.29) is 17.5 Å². The van der Waals surface area contributed by atoms with Crippen LogP contribution in [0.3, 0.4) is 0 Å². The van der Waals surface area contributed by atoms with Gasteiger partial charge in [0.2, 0.25) is 0 Å². The molecule has 5 heteroatoms. The van der Waals surface area contributed by atoms with Crippen LogP contribution < -0.4 is 5.32 Å². The molecule has 3 nitrogen and oxygen atoms in total. The van der Waals surface area contributed by atoms with Crippen LogP contribution >= 0.6 is 45.2 Å². The third kappa shape index (κ3) is 3.21. The summed E-state index contributed by atoms with van der Waals surface area (Å²) >= 11 is 4.76. The van der Waals surface area contributed by atoms with E-state index in [0.29, 0.717) is 0 Å². The SMILES string of the molecule is Cc1c(I)cc(CC2NCCc3cc(O)c(O)cc32)cc1I. The summed E-state index contributed by atoms with van der Waals surface area (Å²) in [6, 6.07) is 8.03. The largest absolute Gasteiger partial charge is 0.504 e. The van der Waals surface area contributed by atoms with Crippen LogP contribution in [0.4, 0.5) is 0 Å². The zero-order chi connectivity index (χ0) is 15.9. The average Bonchev–Trinajstić information content (AvgIpc) is 2.47. The van der Waals surface area contributed by atoms with E-state index < -0.39 is 0 Å². The van der Waals surface area contributed by atoms with Gasteiger partial charge in [-0.15, -0.1) is 0 Å². The second-order valence-corrected chi connectivity index (χ2v) is 8.01. The first-order chi connectivity index (χ1) is 10.5. The molecule has 2 aromatic carbocycles. The molecule has 0 aliphatic carbocycles. The van der Waals surface area contributed by atoms with Gasteiger partial charge in [-0.2, -0.15) is 0 Å². The average molecular weight is 521 g/mol. The number of phenols is 2. The van der Waals surface area contributed by atoms with Crippen molar-refractivity contribution in [2.75, 3.05) is 6.54 Å². The molecule has 0 bridgehead atoms. The summed E-state index contributed by atoms with van der Waals surface area (Å²) in [6.07, 6.45) is 1.76. The van der Waals surface area contributed by atoms with Gasteiger partial charge in [-0.3, -0.25) is 0 Å². The van der Waals surface area contributed by atoms with E-state index >= 15 is 0 Å². The Kier molecular flexibility index (Phi) is 4.84. The summed E-state index contributed by atoms with van der Waals surface area (Å²) in [4.78, 5) is 0. The Morgan fingerprint density at radius 2 is 1.73 bits per heavy atom. The van der Waals surface area contributed by atoms with Crippen LogP contribution in [0.5, 0.6) is 11.5 Å². The molecule has 3 N–H and O–H groups in total. The Labute approximate surface area is 157 Å². The van der Waals surface area contributed by atoms with Crippen molar-refractivity contribution in [2.24, 2.45) is 0 Å². The van der Waals surface area contributed by atoms with Crippen molar-refractivity contribution in [1.29, 1.82) is 0 Å². The molecule has 0 fully saturated rings. The van der Waals surface area contributed by atoms with Gasteiger partial charge in [0, 0.05) is 13.2 Å². The van der Waals surface area contributed by atoms with Crippen molar-refractivity contribution < 1.29 is 10.2 Å². The minimum Gasteiger partial charge on any atom is -0.504 e. The van der Waals surface area contributed by atoms with Crippen molar-refractivity contribution in [1.82, 2.24) is 5.32 Å². The topological polar surface area (TPSA) is 52.5 Å². The third-order valence-electron chi connectivity index (χ3n) is 4.18. The monoisotopic (exact) mass is 521 g/mol. The predicted octanol–water partition coefficient (Wildman–Crippen LogP) is 4.04. The summed E-state index contributed by atoms with van der Waals surface area (Å²) in [6.45, 7) is 3.03. The van der Waals surface area contributed by atoms with Gasteiger partial charge in [0.25, 0.3) is 0 Å². The zero-order valence-corrected chi connectivity index (χ0v) is 16.5. The minimum atomic E-state index is -0.0412. The van der Waals surface area contributed by atoms with E-state index in [1.165, 1.54) is 18.3 Å². The number of nitrogens with one attached hydrogen (secondary N) is 1. The van der Waals surface area contributed by atoms with Crippen LogP contribution in [0.25, 0.3) is 0 Å². The number of phenolic OH excluding ortho intramolecular Hbond substituents is 2. The number of hydrogen-bond acceptors (Lipinski definition) is 3. The number of rotatable bonds is 2. The van der Waals surface area contributed by atoms with Gasteiger partial charge in [0.05, 0.1) is 0 Å². The molecule has 1 atom stereocenters. The molecule has 0 radical (unpaired) electrons. The van der Waals surface area contributed by atoms with Crippen molar-refractivity contribution in [3.05, 3.63) is 53.7 Å². The van der Waals surface area contributed by atoms with Crippen LogP contribution in [-0.2, 0) is 12.8 Å². The molecule has 22 heavy (non-hydrogen) atoms. The Morgan fingerprint density at radius 1 is 1.09 bits per heavy atom. The van der Waals surface area contributed by atoms with Crippen molar-refractivity contribution in [3.63, 3.8) is 0 Å². The number of fused-ring (bicyclic) bond motifs is 1. The van der Waals surface area contributed by atoms with Crippen LogP contribution in [-0.4, -0.2) is 16.8 Å². The predicted molar refractivity (Wildman–Crippen MR) is 105 cm³/mol. The molecule has 116 valence electrons. The first kappa shape index (κ1) is 16.3. The lowest BCUT2D eigenvalue weighted by Crippen LogP contribution is -2.31.